The lowest BCUT2D eigenvalue weighted by Gasteiger charge is -2.22. The smallest absolute Gasteiger partial charge is 0.451 e. The SMILES string of the molecule is C=CC(=O)OCCC(F)(F)C(F)(F)OF.COC(F)(CF)C(F)(F)F. The predicted octanol–water partition coefficient (Wildman–Crippen LogP) is 4.07. The number of hydrogen-bond acceptors (Lipinski definition) is 4. The molecule has 0 aliphatic rings. The maximum absolute atomic E-state index is 12.4. The Kier molecular flexibility index (Phi) is 10.1. The van der Waals surface area contributed by atoms with Crippen molar-refractivity contribution < 1.29 is 63.2 Å². The second kappa shape index (κ2) is 9.79. The molecule has 0 aromatic rings. The van der Waals surface area contributed by atoms with E-state index in [4.69, 9.17) is 0 Å². The second-order valence-electron chi connectivity index (χ2n) is 3.98. The zero-order valence-corrected chi connectivity index (χ0v) is 12.3. The van der Waals surface area contributed by atoms with Crippen molar-refractivity contribution in [1.29, 1.82) is 0 Å². The van der Waals surface area contributed by atoms with Gasteiger partial charge in [0.1, 0.15) is 0 Å². The molecule has 0 amide bonds. The number of halogens is 10. The summed E-state index contributed by atoms with van der Waals surface area (Å²) in [6.07, 6.45) is -11.4. The van der Waals surface area contributed by atoms with Gasteiger partial charge in [-0.05, 0) is 4.53 Å². The van der Waals surface area contributed by atoms with Crippen LogP contribution in [0.3, 0.4) is 0 Å². The lowest BCUT2D eigenvalue weighted by molar-refractivity contribution is -0.425. The number of esters is 1. The zero-order valence-electron chi connectivity index (χ0n) is 12.3. The van der Waals surface area contributed by atoms with Gasteiger partial charge in [-0.1, -0.05) is 6.58 Å². The Bertz CT molecular complexity index is 420. The van der Waals surface area contributed by atoms with Crippen molar-refractivity contribution in [3.63, 3.8) is 0 Å². The van der Waals surface area contributed by atoms with E-state index >= 15 is 0 Å². The van der Waals surface area contributed by atoms with Gasteiger partial charge in [-0.2, -0.15) is 35.1 Å². The van der Waals surface area contributed by atoms with Crippen LogP contribution >= 0.6 is 0 Å². The Morgan fingerprint density at radius 3 is 1.80 bits per heavy atom. The van der Waals surface area contributed by atoms with Gasteiger partial charge in [0.25, 0.3) is 0 Å². The maximum atomic E-state index is 12.4. The maximum Gasteiger partial charge on any atom is 0.451 e. The molecule has 0 N–H and O–H groups in total. The molecule has 1 unspecified atom stereocenters. The van der Waals surface area contributed by atoms with Crippen LogP contribution in [0.15, 0.2) is 12.7 Å². The molecule has 0 fully saturated rings. The molecule has 0 saturated carbocycles. The first-order chi connectivity index (χ1) is 11.1. The van der Waals surface area contributed by atoms with Crippen LogP contribution in [0.1, 0.15) is 6.42 Å². The highest BCUT2D eigenvalue weighted by Gasteiger charge is 2.59. The molecule has 0 radical (unpaired) electrons. The van der Waals surface area contributed by atoms with Crippen LogP contribution < -0.4 is 0 Å². The number of rotatable bonds is 8. The van der Waals surface area contributed by atoms with Crippen molar-refractivity contribution >= 4 is 5.97 Å². The average Bonchev–Trinajstić information content (AvgIpc) is 2.52. The first-order valence-corrected chi connectivity index (χ1v) is 5.85. The Morgan fingerprint density at radius 1 is 1.08 bits per heavy atom. The van der Waals surface area contributed by atoms with Crippen molar-refractivity contribution in [2.24, 2.45) is 0 Å². The summed E-state index contributed by atoms with van der Waals surface area (Å²) in [6.45, 7) is -0.287. The molecule has 0 aromatic carbocycles. The quantitative estimate of drug-likeness (QED) is 0.352. The van der Waals surface area contributed by atoms with E-state index in [1.807, 2.05) is 4.94 Å². The number of alkyl halides is 9. The molecule has 0 rings (SSSR count). The second-order valence-corrected chi connectivity index (χ2v) is 3.98. The molecular formula is C11H12F10O4. The molecule has 0 spiro atoms. The van der Waals surface area contributed by atoms with E-state index in [2.05, 4.69) is 16.1 Å². The predicted molar refractivity (Wildman–Crippen MR) is 60.7 cm³/mol. The van der Waals surface area contributed by atoms with Crippen molar-refractivity contribution in [2.45, 2.75) is 30.5 Å². The lowest BCUT2D eigenvalue weighted by atomic mass is 10.2. The van der Waals surface area contributed by atoms with Gasteiger partial charge in [0, 0.05) is 13.2 Å². The summed E-state index contributed by atoms with van der Waals surface area (Å²) in [5.74, 6) is -9.95. The molecule has 4 nitrogen and oxygen atoms in total. The normalized spacial score (nSPS) is 14.8. The van der Waals surface area contributed by atoms with Crippen LogP contribution in [0.4, 0.5) is 44.0 Å². The summed E-state index contributed by atoms with van der Waals surface area (Å²) in [5.41, 5.74) is 0. The monoisotopic (exact) mass is 398 g/mol. The van der Waals surface area contributed by atoms with Gasteiger partial charge in [-0.3, -0.25) is 0 Å². The van der Waals surface area contributed by atoms with Crippen molar-refractivity contribution in [2.75, 3.05) is 20.4 Å². The zero-order chi connectivity index (χ0) is 20.5. The summed E-state index contributed by atoms with van der Waals surface area (Å²) in [7, 11) is 0.451. The van der Waals surface area contributed by atoms with Gasteiger partial charge in [0.15, 0.2) is 6.67 Å². The Labute approximate surface area is 134 Å². The van der Waals surface area contributed by atoms with Crippen molar-refractivity contribution in [3.8, 4) is 0 Å². The minimum absolute atomic E-state index is 0.451. The van der Waals surface area contributed by atoms with Crippen LogP contribution in [0.25, 0.3) is 0 Å². The van der Waals surface area contributed by atoms with Gasteiger partial charge in [-0.25, -0.2) is 9.18 Å². The molecule has 0 bridgehead atoms. The summed E-state index contributed by atoms with van der Waals surface area (Å²) >= 11 is 0. The van der Waals surface area contributed by atoms with Crippen LogP contribution in [0.5, 0.6) is 0 Å². The van der Waals surface area contributed by atoms with Crippen molar-refractivity contribution in [3.05, 3.63) is 12.7 Å². The van der Waals surface area contributed by atoms with Gasteiger partial charge in [-0.15, -0.1) is 4.94 Å². The third-order valence-electron chi connectivity index (χ3n) is 2.27. The Morgan fingerprint density at radius 2 is 1.56 bits per heavy atom. The van der Waals surface area contributed by atoms with E-state index in [1.165, 1.54) is 0 Å². The minimum Gasteiger partial charge on any atom is -0.462 e. The fraction of sp³-hybridized carbons (Fsp3) is 0.727. The van der Waals surface area contributed by atoms with Gasteiger partial charge < -0.3 is 9.47 Å². The molecule has 0 aliphatic carbocycles. The van der Waals surface area contributed by atoms with Crippen LogP contribution in [0.2, 0.25) is 0 Å². The minimum atomic E-state index is -5.31. The van der Waals surface area contributed by atoms with E-state index in [0.717, 1.165) is 0 Å². The lowest BCUT2D eigenvalue weighted by Crippen LogP contribution is -2.44. The van der Waals surface area contributed by atoms with Gasteiger partial charge in [0.05, 0.1) is 13.0 Å². The number of hydrogen-bond donors (Lipinski definition) is 0. The number of methoxy groups -OCH3 is 1. The number of carbonyl (C=O) groups excluding carboxylic acids is 1. The van der Waals surface area contributed by atoms with Gasteiger partial charge >= 0.3 is 30.0 Å². The highest BCUT2D eigenvalue weighted by atomic mass is 19.4. The van der Waals surface area contributed by atoms with E-state index in [9.17, 15) is 48.8 Å². The number of ether oxygens (including phenoxy) is 2. The molecule has 0 aromatic heterocycles. The van der Waals surface area contributed by atoms with E-state index in [-0.39, 0.29) is 0 Å². The summed E-state index contributed by atoms with van der Waals surface area (Å²) in [5, 5.41) is 0. The fourth-order valence-electron chi connectivity index (χ4n) is 0.787. The molecule has 1 atom stereocenters. The standard InChI is InChI=1S/C7H7F5O3.C4H5F5O/c1-2-5(13)14-4-3-6(8,9)7(10,11)15-12;1-10-3(6,2-5)4(7,8)9/h2H,1,3-4H2;2H2,1H3. The summed E-state index contributed by atoms with van der Waals surface area (Å²) < 4.78 is 125. The Hall–Kier alpha value is -1.57. The van der Waals surface area contributed by atoms with E-state index in [1.54, 1.807) is 0 Å². The first-order valence-electron chi connectivity index (χ1n) is 5.85. The highest BCUT2D eigenvalue weighted by molar-refractivity contribution is 5.81. The largest absolute Gasteiger partial charge is 0.462 e. The molecule has 0 saturated heterocycles. The first kappa shape index (κ1) is 25.7. The third-order valence-corrected chi connectivity index (χ3v) is 2.27. The van der Waals surface area contributed by atoms with Crippen molar-refractivity contribution in [1.82, 2.24) is 0 Å². The highest BCUT2D eigenvalue weighted by Crippen LogP contribution is 2.38. The molecule has 25 heavy (non-hydrogen) atoms. The Balaban J connectivity index is 0. The molecular weight excluding hydrogens is 386 g/mol. The number of carbonyl (C=O) groups is 1. The molecule has 0 aliphatic heterocycles. The van der Waals surface area contributed by atoms with Crippen LogP contribution in [0, 0.1) is 0 Å². The van der Waals surface area contributed by atoms with Gasteiger partial charge in [0.2, 0.25) is 0 Å². The molecule has 150 valence electrons. The summed E-state index contributed by atoms with van der Waals surface area (Å²) in [4.78, 5) is 12.2. The van der Waals surface area contributed by atoms with Crippen LogP contribution in [-0.4, -0.2) is 50.4 Å². The van der Waals surface area contributed by atoms with Crippen LogP contribution in [-0.2, 0) is 19.2 Å². The fourth-order valence-corrected chi connectivity index (χ4v) is 0.787. The van der Waals surface area contributed by atoms with E-state index in [0.29, 0.717) is 13.2 Å². The topological polar surface area (TPSA) is 44.8 Å². The van der Waals surface area contributed by atoms with E-state index < -0.39 is 49.7 Å². The molecule has 0 heterocycles. The third kappa shape index (κ3) is 7.90. The summed E-state index contributed by atoms with van der Waals surface area (Å²) in [6, 6.07) is 0. The molecule has 14 heteroatoms. The average molecular weight is 398 g/mol.